The smallest absolute Gasteiger partial charge is 0.327 e. The van der Waals surface area contributed by atoms with E-state index in [9.17, 15) is 14.4 Å². The molecule has 0 saturated carbocycles. The Hall–Kier alpha value is -2.71. The molecule has 3 rings (SSSR count). The van der Waals surface area contributed by atoms with Crippen molar-refractivity contribution in [2.45, 2.75) is 33.3 Å². The van der Waals surface area contributed by atoms with Crippen LogP contribution in [0.3, 0.4) is 0 Å². The lowest BCUT2D eigenvalue weighted by Gasteiger charge is -2.33. The molecule has 1 aromatic heterocycles. The van der Waals surface area contributed by atoms with Gasteiger partial charge in [0.25, 0.3) is 0 Å². The molecule has 0 aromatic carbocycles. The fourth-order valence-corrected chi connectivity index (χ4v) is 3.22. The highest BCUT2D eigenvalue weighted by Crippen LogP contribution is 2.18. The zero-order valence-electron chi connectivity index (χ0n) is 15.3. The van der Waals surface area contributed by atoms with Gasteiger partial charge in [-0.3, -0.25) is 14.5 Å². The SMILES string of the molecule is CCN1CCN(C(=O)N2CC[C@H](Oc3nc(C)cc(C)n3)C2)C(=O)C1=O. The first-order valence-electron chi connectivity index (χ1n) is 8.77. The normalized spacial score (nSPS) is 20.7. The van der Waals surface area contributed by atoms with Crippen LogP contribution < -0.4 is 4.74 Å². The Kier molecular flexibility index (Phi) is 5.06. The minimum atomic E-state index is -0.759. The quantitative estimate of drug-likeness (QED) is 0.721. The first kappa shape index (κ1) is 18.1. The maximum Gasteiger partial charge on any atom is 0.327 e. The summed E-state index contributed by atoms with van der Waals surface area (Å²) in [5.74, 6) is -1.38. The topological polar surface area (TPSA) is 95.9 Å². The van der Waals surface area contributed by atoms with Crippen molar-refractivity contribution >= 4 is 17.8 Å². The number of rotatable bonds is 3. The summed E-state index contributed by atoms with van der Waals surface area (Å²) in [6.07, 6.45) is 0.391. The fraction of sp³-hybridized carbons (Fsp3) is 0.588. The summed E-state index contributed by atoms with van der Waals surface area (Å²) in [6, 6.07) is 1.71. The molecule has 0 N–H and O–H groups in total. The van der Waals surface area contributed by atoms with Crippen LogP contribution in [0.15, 0.2) is 6.07 Å². The first-order chi connectivity index (χ1) is 12.4. The van der Waals surface area contributed by atoms with Gasteiger partial charge >= 0.3 is 23.9 Å². The van der Waals surface area contributed by atoms with Gasteiger partial charge in [-0.2, -0.15) is 0 Å². The van der Waals surface area contributed by atoms with E-state index in [1.54, 1.807) is 11.8 Å². The van der Waals surface area contributed by atoms with Crippen molar-refractivity contribution in [2.24, 2.45) is 0 Å². The van der Waals surface area contributed by atoms with Crippen molar-refractivity contribution in [3.8, 4) is 6.01 Å². The number of likely N-dealkylation sites (tertiary alicyclic amines) is 1. The molecule has 0 aliphatic carbocycles. The summed E-state index contributed by atoms with van der Waals surface area (Å²) in [6.45, 7) is 7.39. The molecule has 1 atom stereocenters. The standard InChI is InChI=1S/C17H23N5O4/c1-4-20-7-8-22(15(24)14(20)23)17(25)21-6-5-13(10-21)26-16-18-11(2)9-12(3)19-16/h9,13H,4-8,10H2,1-3H3/t13-/m0/s1. The van der Waals surface area contributed by atoms with Crippen molar-refractivity contribution < 1.29 is 19.1 Å². The van der Waals surface area contributed by atoms with Crippen molar-refractivity contribution in [1.29, 1.82) is 0 Å². The van der Waals surface area contributed by atoms with E-state index in [4.69, 9.17) is 4.74 Å². The number of amides is 4. The zero-order chi connectivity index (χ0) is 18.8. The molecule has 0 radical (unpaired) electrons. The predicted molar refractivity (Wildman–Crippen MR) is 91.5 cm³/mol. The van der Waals surface area contributed by atoms with Crippen LogP contribution in [-0.4, -0.2) is 81.3 Å². The number of hydrogen-bond donors (Lipinski definition) is 0. The molecule has 2 aliphatic rings. The van der Waals surface area contributed by atoms with Gasteiger partial charge in [-0.05, 0) is 26.8 Å². The number of likely N-dealkylation sites (N-methyl/N-ethyl adjacent to an activating group) is 1. The fourth-order valence-electron chi connectivity index (χ4n) is 3.22. The second-order valence-electron chi connectivity index (χ2n) is 6.53. The van der Waals surface area contributed by atoms with Gasteiger partial charge in [0.1, 0.15) is 6.10 Å². The van der Waals surface area contributed by atoms with Crippen LogP contribution in [0.25, 0.3) is 0 Å². The maximum atomic E-state index is 12.6. The van der Waals surface area contributed by atoms with E-state index in [2.05, 4.69) is 9.97 Å². The lowest BCUT2D eigenvalue weighted by atomic mass is 10.3. The second-order valence-corrected chi connectivity index (χ2v) is 6.53. The molecule has 140 valence electrons. The van der Waals surface area contributed by atoms with Gasteiger partial charge in [0.15, 0.2) is 0 Å². The Balaban J connectivity index is 1.60. The summed E-state index contributed by atoms with van der Waals surface area (Å²) in [4.78, 5) is 49.3. The molecule has 4 amide bonds. The largest absolute Gasteiger partial charge is 0.458 e. The van der Waals surface area contributed by atoms with E-state index in [-0.39, 0.29) is 12.6 Å². The van der Waals surface area contributed by atoms with Gasteiger partial charge in [0, 0.05) is 44.0 Å². The number of nitrogens with zero attached hydrogens (tertiary/aromatic N) is 5. The molecule has 2 saturated heterocycles. The lowest BCUT2D eigenvalue weighted by molar-refractivity contribution is -0.153. The maximum absolute atomic E-state index is 12.6. The van der Waals surface area contributed by atoms with E-state index < -0.39 is 17.8 Å². The van der Waals surface area contributed by atoms with Crippen LogP contribution in [0.1, 0.15) is 24.7 Å². The molecule has 9 heteroatoms. The Labute approximate surface area is 151 Å². The van der Waals surface area contributed by atoms with Crippen LogP contribution in [0.5, 0.6) is 6.01 Å². The summed E-state index contributed by atoms with van der Waals surface area (Å²) < 4.78 is 5.79. The van der Waals surface area contributed by atoms with Crippen molar-refractivity contribution in [2.75, 3.05) is 32.7 Å². The van der Waals surface area contributed by atoms with Gasteiger partial charge in [-0.15, -0.1) is 0 Å². The molecular weight excluding hydrogens is 338 g/mol. The van der Waals surface area contributed by atoms with Crippen LogP contribution in [0.4, 0.5) is 4.79 Å². The van der Waals surface area contributed by atoms with Crippen LogP contribution >= 0.6 is 0 Å². The zero-order valence-corrected chi connectivity index (χ0v) is 15.3. The second kappa shape index (κ2) is 7.27. The van der Waals surface area contributed by atoms with E-state index >= 15 is 0 Å². The Bertz CT molecular complexity index is 718. The summed E-state index contributed by atoms with van der Waals surface area (Å²) in [5, 5.41) is 0. The predicted octanol–water partition coefficient (Wildman–Crippen LogP) is 0.357. The van der Waals surface area contributed by atoms with Crippen molar-refractivity contribution in [3.63, 3.8) is 0 Å². The van der Waals surface area contributed by atoms with Gasteiger partial charge in [-0.1, -0.05) is 0 Å². The molecule has 2 fully saturated rings. The van der Waals surface area contributed by atoms with Crippen LogP contribution in [-0.2, 0) is 9.59 Å². The third-order valence-corrected chi connectivity index (χ3v) is 4.57. The molecular formula is C17H23N5O4. The number of carbonyl (C=O) groups excluding carboxylic acids is 3. The Morgan fingerprint density at radius 3 is 2.50 bits per heavy atom. The highest BCUT2D eigenvalue weighted by molar-refractivity contribution is 6.38. The number of hydrogen-bond acceptors (Lipinski definition) is 6. The number of imide groups is 1. The van der Waals surface area contributed by atoms with E-state index in [1.165, 1.54) is 4.90 Å². The monoisotopic (exact) mass is 361 g/mol. The van der Waals surface area contributed by atoms with Crippen molar-refractivity contribution in [1.82, 2.24) is 24.7 Å². The minimum Gasteiger partial charge on any atom is -0.458 e. The molecule has 0 spiro atoms. The average molecular weight is 361 g/mol. The van der Waals surface area contributed by atoms with Crippen LogP contribution in [0, 0.1) is 13.8 Å². The average Bonchev–Trinajstić information content (AvgIpc) is 3.04. The molecule has 1 aromatic rings. The number of ether oxygens (including phenoxy) is 1. The third-order valence-electron chi connectivity index (χ3n) is 4.57. The van der Waals surface area contributed by atoms with Crippen molar-refractivity contribution in [3.05, 3.63) is 17.5 Å². The number of aryl methyl sites for hydroxylation is 2. The van der Waals surface area contributed by atoms with Gasteiger partial charge in [0.2, 0.25) is 0 Å². The Morgan fingerprint density at radius 2 is 1.85 bits per heavy atom. The number of urea groups is 1. The molecule has 0 bridgehead atoms. The van der Waals surface area contributed by atoms with E-state index in [1.807, 2.05) is 19.9 Å². The first-order valence-corrected chi connectivity index (χ1v) is 8.77. The molecule has 26 heavy (non-hydrogen) atoms. The van der Waals surface area contributed by atoms with Gasteiger partial charge in [-0.25, -0.2) is 14.8 Å². The summed E-state index contributed by atoms with van der Waals surface area (Å²) in [5.41, 5.74) is 1.63. The van der Waals surface area contributed by atoms with E-state index in [0.29, 0.717) is 38.6 Å². The minimum absolute atomic E-state index is 0.222. The van der Waals surface area contributed by atoms with Gasteiger partial charge in [0.05, 0.1) is 6.54 Å². The van der Waals surface area contributed by atoms with E-state index in [0.717, 1.165) is 16.3 Å². The number of carbonyl (C=O) groups is 3. The molecule has 3 heterocycles. The summed E-state index contributed by atoms with van der Waals surface area (Å²) >= 11 is 0. The molecule has 0 unspecified atom stereocenters. The molecule has 2 aliphatic heterocycles. The highest BCUT2D eigenvalue weighted by Gasteiger charge is 2.39. The lowest BCUT2D eigenvalue weighted by Crippen LogP contribution is -2.58. The summed E-state index contributed by atoms with van der Waals surface area (Å²) in [7, 11) is 0. The highest BCUT2D eigenvalue weighted by atomic mass is 16.5. The van der Waals surface area contributed by atoms with Crippen LogP contribution in [0.2, 0.25) is 0 Å². The number of aromatic nitrogens is 2. The number of piperazine rings is 1. The van der Waals surface area contributed by atoms with Gasteiger partial charge < -0.3 is 14.5 Å². The molecule has 9 nitrogen and oxygen atoms in total. The third kappa shape index (κ3) is 3.61. The Morgan fingerprint density at radius 1 is 1.15 bits per heavy atom.